The molecule has 1 aromatic carbocycles. The van der Waals surface area contributed by atoms with E-state index in [4.69, 9.17) is 11.6 Å². The van der Waals surface area contributed by atoms with Gasteiger partial charge in [0.25, 0.3) is 0 Å². The summed E-state index contributed by atoms with van der Waals surface area (Å²) in [5.41, 5.74) is 1.08. The van der Waals surface area contributed by atoms with Gasteiger partial charge in [0.15, 0.2) is 11.6 Å². The second kappa shape index (κ2) is 8.55. The van der Waals surface area contributed by atoms with Gasteiger partial charge in [0, 0.05) is 37.4 Å². The molecule has 0 spiro atoms. The Morgan fingerprint density at radius 2 is 1.60 bits per heavy atom. The summed E-state index contributed by atoms with van der Waals surface area (Å²) in [6.45, 7) is 3.80. The zero-order chi connectivity index (χ0) is 21.1. The summed E-state index contributed by atoms with van der Waals surface area (Å²) in [4.78, 5) is 6.56. The maximum atomic E-state index is 12.8. The molecule has 2 aromatic heterocycles. The maximum Gasteiger partial charge on any atom is 0.243 e. The lowest BCUT2D eigenvalue weighted by molar-refractivity contribution is 0.383. The van der Waals surface area contributed by atoms with Crippen molar-refractivity contribution in [3.8, 4) is 0 Å². The lowest BCUT2D eigenvalue weighted by Crippen LogP contribution is -2.48. The minimum absolute atomic E-state index is 0.250. The number of hydrogen-bond acceptors (Lipinski definition) is 7. The van der Waals surface area contributed by atoms with Gasteiger partial charge in [-0.2, -0.15) is 4.31 Å². The van der Waals surface area contributed by atoms with Gasteiger partial charge in [-0.25, -0.2) is 13.4 Å². The Morgan fingerprint density at radius 3 is 2.20 bits per heavy atom. The first-order chi connectivity index (χ1) is 14.4. The monoisotopic (exact) mass is 444 g/mol. The number of anilines is 3. The van der Waals surface area contributed by atoms with Gasteiger partial charge in [0.1, 0.15) is 5.82 Å². The number of halogens is 1. The third kappa shape index (κ3) is 4.53. The van der Waals surface area contributed by atoms with E-state index in [1.54, 1.807) is 18.3 Å². The van der Waals surface area contributed by atoms with Gasteiger partial charge in [0.05, 0.1) is 4.90 Å². The van der Waals surface area contributed by atoms with E-state index in [1.165, 1.54) is 16.4 Å². The highest BCUT2D eigenvalue weighted by atomic mass is 35.5. The minimum Gasteiger partial charge on any atom is -0.352 e. The Hall–Kier alpha value is -2.75. The van der Waals surface area contributed by atoms with Crippen LogP contribution in [0.25, 0.3) is 0 Å². The molecule has 3 heterocycles. The molecule has 1 saturated heterocycles. The van der Waals surface area contributed by atoms with Crippen LogP contribution >= 0.6 is 11.6 Å². The molecule has 1 aliphatic rings. The molecule has 0 aliphatic carbocycles. The van der Waals surface area contributed by atoms with E-state index < -0.39 is 10.0 Å². The molecule has 0 unspecified atom stereocenters. The van der Waals surface area contributed by atoms with E-state index in [9.17, 15) is 8.42 Å². The van der Waals surface area contributed by atoms with E-state index in [0.29, 0.717) is 48.7 Å². The fraction of sp³-hybridized carbons (Fsp3) is 0.250. The summed E-state index contributed by atoms with van der Waals surface area (Å²) in [6, 6.07) is 13.8. The van der Waals surface area contributed by atoms with E-state index >= 15 is 0 Å². The van der Waals surface area contributed by atoms with Crippen LogP contribution in [0.3, 0.4) is 0 Å². The highest BCUT2D eigenvalue weighted by molar-refractivity contribution is 7.89. The quantitative estimate of drug-likeness (QED) is 0.646. The second-order valence-electron chi connectivity index (χ2n) is 6.97. The van der Waals surface area contributed by atoms with E-state index in [-0.39, 0.29) is 4.90 Å². The molecule has 0 atom stereocenters. The van der Waals surface area contributed by atoms with Crippen molar-refractivity contribution >= 4 is 39.1 Å². The van der Waals surface area contributed by atoms with E-state index in [1.807, 2.05) is 36.1 Å². The molecule has 10 heteroatoms. The van der Waals surface area contributed by atoms with Crippen LogP contribution in [-0.4, -0.2) is 54.1 Å². The van der Waals surface area contributed by atoms with Gasteiger partial charge in [-0.15, -0.1) is 10.2 Å². The van der Waals surface area contributed by atoms with Crippen molar-refractivity contribution in [2.24, 2.45) is 0 Å². The van der Waals surface area contributed by atoms with Crippen molar-refractivity contribution in [1.82, 2.24) is 19.5 Å². The Labute approximate surface area is 180 Å². The highest BCUT2D eigenvalue weighted by Gasteiger charge is 2.29. The summed E-state index contributed by atoms with van der Waals surface area (Å²) in [7, 11) is -3.53. The molecule has 156 valence electrons. The number of nitrogens with one attached hydrogen (secondary N) is 1. The Kier molecular flexibility index (Phi) is 5.85. The smallest absolute Gasteiger partial charge is 0.243 e. The summed E-state index contributed by atoms with van der Waals surface area (Å²) in [5.74, 6) is 2.00. The summed E-state index contributed by atoms with van der Waals surface area (Å²) >= 11 is 5.86. The number of benzene rings is 1. The number of hydrogen-bond donors (Lipinski definition) is 1. The van der Waals surface area contributed by atoms with Crippen LogP contribution < -0.4 is 10.2 Å². The lowest BCUT2D eigenvalue weighted by Gasteiger charge is -2.34. The average molecular weight is 445 g/mol. The third-order valence-corrected chi connectivity index (χ3v) is 7.00. The van der Waals surface area contributed by atoms with Crippen LogP contribution in [0.1, 0.15) is 5.56 Å². The fourth-order valence-corrected chi connectivity index (χ4v) is 4.69. The van der Waals surface area contributed by atoms with Crippen molar-refractivity contribution in [3.63, 3.8) is 0 Å². The number of aromatic nitrogens is 3. The van der Waals surface area contributed by atoms with Crippen LogP contribution in [0.4, 0.5) is 17.5 Å². The first kappa shape index (κ1) is 20.5. The molecule has 0 saturated carbocycles. The molecule has 0 amide bonds. The van der Waals surface area contributed by atoms with Crippen LogP contribution in [0.5, 0.6) is 0 Å². The third-order valence-electron chi connectivity index (χ3n) is 4.83. The summed E-state index contributed by atoms with van der Waals surface area (Å²) in [5, 5.41) is 12.1. The first-order valence-corrected chi connectivity index (χ1v) is 11.3. The van der Waals surface area contributed by atoms with Gasteiger partial charge in [-0.05, 0) is 55.0 Å². The van der Waals surface area contributed by atoms with Crippen LogP contribution in [-0.2, 0) is 10.0 Å². The largest absolute Gasteiger partial charge is 0.352 e. The van der Waals surface area contributed by atoms with Crippen LogP contribution in [0.15, 0.2) is 59.6 Å². The summed E-state index contributed by atoms with van der Waals surface area (Å²) < 4.78 is 27.1. The number of sulfonamides is 1. The van der Waals surface area contributed by atoms with Crippen LogP contribution in [0.2, 0.25) is 5.02 Å². The number of pyridine rings is 1. The molecular formula is C20H21ClN6O2S. The van der Waals surface area contributed by atoms with Crippen molar-refractivity contribution in [2.75, 3.05) is 36.4 Å². The Balaban J connectivity index is 1.38. The van der Waals surface area contributed by atoms with Crippen molar-refractivity contribution in [2.45, 2.75) is 11.8 Å². The molecule has 3 aromatic rings. The van der Waals surface area contributed by atoms with Gasteiger partial charge in [-0.3, -0.25) is 0 Å². The molecular weight excluding hydrogens is 424 g/mol. The standard InChI is InChI=1S/C20H21ClN6O2S/c1-15-2-7-18(22-14-15)23-19-8-9-20(25-24-19)26-10-12-27(13-11-26)30(28,29)17-5-3-16(21)4-6-17/h2-9,14H,10-13H2,1H3,(H,22,23,24). The lowest BCUT2D eigenvalue weighted by atomic mass is 10.3. The Bertz CT molecular complexity index is 1100. The molecule has 1 fully saturated rings. The Morgan fingerprint density at radius 1 is 0.900 bits per heavy atom. The van der Waals surface area contributed by atoms with Gasteiger partial charge >= 0.3 is 0 Å². The van der Waals surface area contributed by atoms with Crippen LogP contribution in [0, 0.1) is 6.92 Å². The number of aryl methyl sites for hydroxylation is 1. The SMILES string of the molecule is Cc1ccc(Nc2ccc(N3CCN(S(=O)(=O)c4ccc(Cl)cc4)CC3)nn2)nc1. The number of rotatable bonds is 5. The molecule has 0 bridgehead atoms. The fourth-order valence-electron chi connectivity index (χ4n) is 3.15. The molecule has 1 N–H and O–H groups in total. The van der Waals surface area contributed by atoms with Gasteiger partial charge in [-0.1, -0.05) is 17.7 Å². The van der Waals surface area contributed by atoms with E-state index in [2.05, 4.69) is 20.5 Å². The van der Waals surface area contributed by atoms with Crippen molar-refractivity contribution in [1.29, 1.82) is 0 Å². The minimum atomic E-state index is -3.53. The normalized spacial score (nSPS) is 15.2. The second-order valence-corrected chi connectivity index (χ2v) is 9.34. The van der Waals surface area contributed by atoms with E-state index in [0.717, 1.165) is 5.56 Å². The maximum absolute atomic E-state index is 12.8. The van der Waals surface area contributed by atoms with Gasteiger partial charge in [0.2, 0.25) is 10.0 Å². The summed E-state index contributed by atoms with van der Waals surface area (Å²) in [6.07, 6.45) is 1.78. The molecule has 30 heavy (non-hydrogen) atoms. The number of nitrogens with zero attached hydrogens (tertiary/aromatic N) is 5. The molecule has 1 aliphatic heterocycles. The highest BCUT2D eigenvalue weighted by Crippen LogP contribution is 2.22. The predicted molar refractivity (Wildman–Crippen MR) is 117 cm³/mol. The zero-order valence-electron chi connectivity index (χ0n) is 16.4. The van der Waals surface area contributed by atoms with Gasteiger partial charge < -0.3 is 10.2 Å². The topological polar surface area (TPSA) is 91.3 Å². The zero-order valence-corrected chi connectivity index (χ0v) is 17.9. The number of piperazine rings is 1. The molecule has 4 rings (SSSR count). The molecule has 8 nitrogen and oxygen atoms in total. The molecule has 0 radical (unpaired) electrons. The first-order valence-electron chi connectivity index (χ1n) is 9.46. The average Bonchev–Trinajstić information content (AvgIpc) is 2.76. The van der Waals surface area contributed by atoms with Crippen molar-refractivity contribution in [3.05, 3.63) is 65.3 Å². The predicted octanol–water partition coefficient (Wildman–Crippen LogP) is 3.09. The van der Waals surface area contributed by atoms with Crippen molar-refractivity contribution < 1.29 is 8.42 Å².